The number of fused-ring (bicyclic) bond motifs is 1. The Bertz CT molecular complexity index is 659. The highest BCUT2D eigenvalue weighted by atomic mass is 16.5. The van der Waals surface area contributed by atoms with E-state index in [9.17, 15) is 9.59 Å². The fourth-order valence-corrected chi connectivity index (χ4v) is 3.02. The third-order valence-electron chi connectivity index (χ3n) is 4.40. The maximum Gasteiger partial charge on any atom is 0.268 e. The molecule has 2 heterocycles. The van der Waals surface area contributed by atoms with Gasteiger partial charge in [-0.15, -0.1) is 0 Å². The van der Waals surface area contributed by atoms with Crippen LogP contribution in [0.5, 0.6) is 5.75 Å². The summed E-state index contributed by atoms with van der Waals surface area (Å²) in [6, 6.07) is 9.50. The van der Waals surface area contributed by atoms with Crippen LogP contribution in [0.15, 0.2) is 24.3 Å². The van der Waals surface area contributed by atoms with E-state index in [1.54, 1.807) is 24.0 Å². The van der Waals surface area contributed by atoms with E-state index in [1.165, 1.54) is 4.90 Å². The number of nitriles is 1. The third-order valence-corrected chi connectivity index (χ3v) is 4.40. The first-order valence-electron chi connectivity index (χ1n) is 7.84. The van der Waals surface area contributed by atoms with Gasteiger partial charge in [0.25, 0.3) is 5.91 Å². The molecule has 6 nitrogen and oxygen atoms in total. The number of rotatable bonds is 2. The zero-order chi connectivity index (χ0) is 16.4. The number of nitrogens with zero attached hydrogens (tertiary/aromatic N) is 3. The van der Waals surface area contributed by atoms with E-state index < -0.39 is 6.10 Å². The van der Waals surface area contributed by atoms with E-state index >= 15 is 0 Å². The molecular weight excluding hydrogens is 294 g/mol. The van der Waals surface area contributed by atoms with E-state index in [2.05, 4.69) is 6.07 Å². The second kappa shape index (κ2) is 6.29. The summed E-state index contributed by atoms with van der Waals surface area (Å²) in [6.45, 7) is 2.86. The minimum Gasteiger partial charge on any atom is -0.479 e. The van der Waals surface area contributed by atoms with Crippen LogP contribution in [-0.2, 0) is 9.59 Å². The molecular formula is C17H19N3O3. The van der Waals surface area contributed by atoms with Crippen LogP contribution in [0.1, 0.15) is 19.8 Å². The van der Waals surface area contributed by atoms with Crippen LogP contribution in [0.3, 0.4) is 0 Å². The monoisotopic (exact) mass is 313 g/mol. The van der Waals surface area contributed by atoms with Gasteiger partial charge in [-0.05, 0) is 31.9 Å². The number of anilines is 1. The Hall–Kier alpha value is -2.55. The lowest BCUT2D eigenvalue weighted by Gasteiger charge is -2.35. The summed E-state index contributed by atoms with van der Waals surface area (Å²) in [5, 5.41) is 8.93. The van der Waals surface area contributed by atoms with Gasteiger partial charge in [0.2, 0.25) is 5.91 Å². The Kier molecular flexibility index (Phi) is 4.20. The molecule has 0 aliphatic carbocycles. The summed E-state index contributed by atoms with van der Waals surface area (Å²) in [7, 11) is 0. The number of ether oxygens (including phenoxy) is 1. The first kappa shape index (κ1) is 15.3. The van der Waals surface area contributed by atoms with E-state index in [4.69, 9.17) is 10.00 Å². The summed E-state index contributed by atoms with van der Waals surface area (Å²) in [5.74, 6) is 0.364. The average Bonchev–Trinajstić information content (AvgIpc) is 2.59. The topological polar surface area (TPSA) is 73.6 Å². The fraction of sp³-hybridized carbons (Fsp3) is 0.471. The van der Waals surface area contributed by atoms with Gasteiger partial charge < -0.3 is 9.64 Å². The van der Waals surface area contributed by atoms with E-state index in [1.807, 2.05) is 12.1 Å². The normalized spacial score (nSPS) is 21.4. The predicted molar refractivity (Wildman–Crippen MR) is 83.8 cm³/mol. The van der Waals surface area contributed by atoms with Gasteiger partial charge in [-0.3, -0.25) is 14.5 Å². The van der Waals surface area contributed by atoms with E-state index in [0.29, 0.717) is 37.4 Å². The van der Waals surface area contributed by atoms with Crippen molar-refractivity contribution in [3.05, 3.63) is 24.3 Å². The van der Waals surface area contributed by atoms with Crippen molar-refractivity contribution in [2.24, 2.45) is 5.92 Å². The second-order valence-corrected chi connectivity index (χ2v) is 5.94. The molecule has 1 aromatic rings. The molecule has 6 heteroatoms. The molecule has 0 spiro atoms. The lowest BCUT2D eigenvalue weighted by molar-refractivity contribution is -0.134. The molecule has 0 bridgehead atoms. The second-order valence-electron chi connectivity index (χ2n) is 5.94. The van der Waals surface area contributed by atoms with Gasteiger partial charge in [0.05, 0.1) is 11.8 Å². The summed E-state index contributed by atoms with van der Waals surface area (Å²) in [6.07, 6.45) is 0.806. The molecule has 1 saturated heterocycles. The van der Waals surface area contributed by atoms with Crippen molar-refractivity contribution < 1.29 is 14.3 Å². The maximum absolute atomic E-state index is 12.5. The Morgan fingerprint density at radius 2 is 2.04 bits per heavy atom. The average molecular weight is 313 g/mol. The first-order chi connectivity index (χ1) is 11.1. The summed E-state index contributed by atoms with van der Waals surface area (Å²) < 4.78 is 5.58. The third kappa shape index (κ3) is 3.00. The van der Waals surface area contributed by atoms with Crippen LogP contribution >= 0.6 is 0 Å². The number of hydrogen-bond donors (Lipinski definition) is 0. The number of piperidine rings is 1. The van der Waals surface area contributed by atoms with Crippen LogP contribution in [0.2, 0.25) is 0 Å². The van der Waals surface area contributed by atoms with Gasteiger partial charge >= 0.3 is 0 Å². The quantitative estimate of drug-likeness (QED) is 0.830. The number of likely N-dealkylation sites (tertiary alicyclic amines) is 1. The van der Waals surface area contributed by atoms with E-state index in [-0.39, 0.29) is 24.3 Å². The van der Waals surface area contributed by atoms with Crippen LogP contribution in [0.4, 0.5) is 5.69 Å². The van der Waals surface area contributed by atoms with Crippen LogP contribution in [0.25, 0.3) is 0 Å². The number of amides is 2. The zero-order valence-corrected chi connectivity index (χ0v) is 13.1. The van der Waals surface area contributed by atoms with Gasteiger partial charge in [-0.2, -0.15) is 5.26 Å². The van der Waals surface area contributed by atoms with Crippen molar-refractivity contribution in [1.29, 1.82) is 5.26 Å². The van der Waals surface area contributed by atoms with Gasteiger partial charge in [-0.25, -0.2) is 0 Å². The molecule has 1 unspecified atom stereocenters. The smallest absolute Gasteiger partial charge is 0.268 e. The molecule has 23 heavy (non-hydrogen) atoms. The predicted octanol–water partition coefficient (Wildman–Crippen LogP) is 1.56. The Labute approximate surface area is 135 Å². The van der Waals surface area contributed by atoms with Crippen molar-refractivity contribution >= 4 is 17.5 Å². The van der Waals surface area contributed by atoms with Crippen LogP contribution in [-0.4, -0.2) is 42.5 Å². The molecule has 3 rings (SSSR count). The van der Waals surface area contributed by atoms with Gasteiger partial charge in [-0.1, -0.05) is 12.1 Å². The molecule has 2 amide bonds. The summed E-state index contributed by atoms with van der Waals surface area (Å²) >= 11 is 0. The largest absolute Gasteiger partial charge is 0.479 e. The van der Waals surface area contributed by atoms with Crippen LogP contribution < -0.4 is 9.64 Å². The molecule has 0 saturated carbocycles. The van der Waals surface area contributed by atoms with Gasteiger partial charge in [0, 0.05) is 19.0 Å². The van der Waals surface area contributed by atoms with Crippen LogP contribution in [0, 0.1) is 17.2 Å². The number of carbonyl (C=O) groups excluding carboxylic acids is 2. The minimum atomic E-state index is -0.595. The lowest BCUT2D eigenvalue weighted by Crippen LogP contribution is -2.50. The highest BCUT2D eigenvalue weighted by Gasteiger charge is 2.34. The number of carbonyl (C=O) groups is 2. The molecule has 2 aliphatic heterocycles. The first-order valence-corrected chi connectivity index (χ1v) is 7.84. The number of benzene rings is 1. The minimum absolute atomic E-state index is 0.0146. The number of para-hydroxylation sites is 2. The highest BCUT2D eigenvalue weighted by molar-refractivity contribution is 6.03. The van der Waals surface area contributed by atoms with Crippen molar-refractivity contribution in [1.82, 2.24) is 4.90 Å². The van der Waals surface area contributed by atoms with Crippen molar-refractivity contribution in [2.45, 2.75) is 25.9 Å². The van der Waals surface area contributed by atoms with Crippen molar-refractivity contribution in [3.8, 4) is 11.8 Å². The Morgan fingerprint density at radius 3 is 2.74 bits per heavy atom. The molecule has 0 aromatic heterocycles. The molecule has 0 radical (unpaired) electrons. The highest BCUT2D eigenvalue weighted by Crippen LogP contribution is 2.33. The fourth-order valence-electron chi connectivity index (χ4n) is 3.02. The standard InChI is InChI=1S/C17H19N3O3/c1-12-17(22)20(14-4-2-3-5-15(14)23-12)11-16(21)19-8-6-13(10-18)7-9-19/h2-5,12-13H,6-9,11H2,1H3. The molecule has 1 aromatic carbocycles. The van der Waals surface area contributed by atoms with Crippen molar-refractivity contribution in [2.75, 3.05) is 24.5 Å². The number of hydrogen-bond acceptors (Lipinski definition) is 4. The molecule has 0 N–H and O–H groups in total. The van der Waals surface area contributed by atoms with Gasteiger partial charge in [0.15, 0.2) is 6.10 Å². The Balaban J connectivity index is 1.73. The Morgan fingerprint density at radius 1 is 1.35 bits per heavy atom. The molecule has 1 fully saturated rings. The molecule has 1 atom stereocenters. The molecule has 2 aliphatic rings. The van der Waals surface area contributed by atoms with E-state index in [0.717, 1.165) is 0 Å². The lowest BCUT2D eigenvalue weighted by atomic mass is 9.98. The SMILES string of the molecule is CC1Oc2ccccc2N(CC(=O)N2CCC(C#N)CC2)C1=O. The van der Waals surface area contributed by atoms with Gasteiger partial charge in [0.1, 0.15) is 12.3 Å². The molecule has 120 valence electrons. The maximum atomic E-state index is 12.5. The van der Waals surface area contributed by atoms with Crippen molar-refractivity contribution in [3.63, 3.8) is 0 Å². The zero-order valence-electron chi connectivity index (χ0n) is 13.1. The summed E-state index contributed by atoms with van der Waals surface area (Å²) in [5.41, 5.74) is 0.635. The summed E-state index contributed by atoms with van der Waals surface area (Å²) in [4.78, 5) is 28.2.